The molecule has 1 amide bonds. The summed E-state index contributed by atoms with van der Waals surface area (Å²) in [4.78, 5) is 11.6. The topological polar surface area (TPSA) is 75.4 Å². The number of carbonyl (C=O) groups excluding carboxylic acids is 1. The molecular weight excluding hydrogens is 224 g/mol. The Morgan fingerprint density at radius 3 is 2.88 bits per heavy atom. The van der Waals surface area contributed by atoms with Gasteiger partial charge in [-0.25, -0.2) is 0 Å². The Labute approximate surface area is 99.2 Å². The van der Waals surface area contributed by atoms with Crippen LogP contribution in [-0.4, -0.2) is 29.1 Å². The highest BCUT2D eigenvalue weighted by atomic mass is 32.2. The number of amides is 1. The highest BCUT2D eigenvalue weighted by molar-refractivity contribution is 7.98. The van der Waals surface area contributed by atoms with Crippen LogP contribution >= 0.6 is 11.8 Å². The number of phenols is 1. The Hall–Kier alpha value is -1.20. The molecule has 0 aliphatic rings. The lowest BCUT2D eigenvalue weighted by Gasteiger charge is -2.12. The fourth-order valence-corrected chi connectivity index (χ4v) is 1.67. The van der Waals surface area contributed by atoms with Crippen molar-refractivity contribution in [3.8, 4) is 5.75 Å². The molecule has 0 saturated carbocycles. The molecule has 1 aromatic rings. The Morgan fingerprint density at radius 2 is 2.25 bits per heavy atom. The third-order valence-electron chi connectivity index (χ3n) is 2.13. The number of carbonyl (C=O) groups is 1. The number of benzene rings is 1. The highest BCUT2D eigenvalue weighted by Gasteiger charge is 2.14. The summed E-state index contributed by atoms with van der Waals surface area (Å²) in [6, 6.07) is 6.05. The molecule has 0 heterocycles. The van der Waals surface area contributed by atoms with E-state index in [-0.39, 0.29) is 11.7 Å². The number of para-hydroxylation sites is 2. The van der Waals surface area contributed by atoms with Crippen molar-refractivity contribution in [2.24, 2.45) is 5.73 Å². The summed E-state index contributed by atoms with van der Waals surface area (Å²) < 4.78 is 0. The summed E-state index contributed by atoms with van der Waals surface area (Å²) in [6.45, 7) is 0. The van der Waals surface area contributed by atoms with E-state index in [1.165, 1.54) is 6.07 Å². The molecule has 0 aromatic heterocycles. The Morgan fingerprint density at radius 1 is 1.56 bits per heavy atom. The molecule has 0 fully saturated rings. The van der Waals surface area contributed by atoms with Crippen molar-refractivity contribution in [1.82, 2.24) is 0 Å². The van der Waals surface area contributed by atoms with Gasteiger partial charge in [-0.2, -0.15) is 11.8 Å². The lowest BCUT2D eigenvalue weighted by molar-refractivity contribution is -0.117. The molecular formula is C11H16N2O2S. The predicted molar refractivity (Wildman–Crippen MR) is 67.7 cm³/mol. The Bertz CT molecular complexity index is 358. The van der Waals surface area contributed by atoms with E-state index in [2.05, 4.69) is 5.32 Å². The Kier molecular flexibility index (Phi) is 5.14. The maximum Gasteiger partial charge on any atom is 0.241 e. The number of nitrogens with one attached hydrogen (secondary N) is 1. The first-order chi connectivity index (χ1) is 7.65. The second-order valence-electron chi connectivity index (χ2n) is 3.39. The number of phenolic OH excluding ortho intramolecular Hbond substituents is 1. The molecule has 1 atom stereocenters. The average Bonchev–Trinajstić information content (AvgIpc) is 2.28. The molecule has 0 bridgehead atoms. The van der Waals surface area contributed by atoms with Gasteiger partial charge in [0.05, 0.1) is 11.7 Å². The number of nitrogens with two attached hydrogens (primary N) is 1. The molecule has 0 aliphatic heterocycles. The number of anilines is 1. The maximum atomic E-state index is 11.6. The number of hydrogen-bond acceptors (Lipinski definition) is 4. The van der Waals surface area contributed by atoms with Crippen LogP contribution in [0.1, 0.15) is 6.42 Å². The van der Waals surface area contributed by atoms with E-state index in [1.54, 1.807) is 30.0 Å². The first-order valence-electron chi connectivity index (χ1n) is 4.98. The SMILES string of the molecule is CSCCC(N)C(=O)Nc1ccccc1O. The van der Waals surface area contributed by atoms with Crippen molar-refractivity contribution in [3.63, 3.8) is 0 Å². The number of aromatic hydroxyl groups is 1. The van der Waals surface area contributed by atoms with E-state index < -0.39 is 6.04 Å². The second-order valence-corrected chi connectivity index (χ2v) is 4.38. The van der Waals surface area contributed by atoms with Gasteiger partial charge in [0.1, 0.15) is 5.75 Å². The first kappa shape index (κ1) is 12.9. The van der Waals surface area contributed by atoms with Gasteiger partial charge in [0.25, 0.3) is 0 Å². The summed E-state index contributed by atoms with van der Waals surface area (Å²) >= 11 is 1.65. The summed E-state index contributed by atoms with van der Waals surface area (Å²) in [6.07, 6.45) is 2.59. The molecule has 88 valence electrons. The zero-order chi connectivity index (χ0) is 12.0. The van der Waals surface area contributed by atoms with Gasteiger partial charge in [-0.15, -0.1) is 0 Å². The van der Waals surface area contributed by atoms with Gasteiger partial charge in [-0.1, -0.05) is 12.1 Å². The minimum atomic E-state index is -0.535. The van der Waals surface area contributed by atoms with Gasteiger partial charge in [-0.05, 0) is 30.6 Å². The molecule has 5 heteroatoms. The summed E-state index contributed by atoms with van der Waals surface area (Å²) in [7, 11) is 0. The van der Waals surface area contributed by atoms with Crippen molar-refractivity contribution in [1.29, 1.82) is 0 Å². The van der Waals surface area contributed by atoms with E-state index in [0.29, 0.717) is 12.1 Å². The van der Waals surface area contributed by atoms with Crippen molar-refractivity contribution in [3.05, 3.63) is 24.3 Å². The molecule has 1 unspecified atom stereocenters. The van der Waals surface area contributed by atoms with E-state index in [9.17, 15) is 9.90 Å². The lowest BCUT2D eigenvalue weighted by Crippen LogP contribution is -2.36. The van der Waals surface area contributed by atoms with Crippen LogP contribution in [0.5, 0.6) is 5.75 Å². The fourth-order valence-electron chi connectivity index (χ4n) is 1.18. The van der Waals surface area contributed by atoms with Crippen LogP contribution in [0, 0.1) is 0 Å². The number of hydrogen-bond donors (Lipinski definition) is 3. The minimum Gasteiger partial charge on any atom is -0.506 e. The largest absolute Gasteiger partial charge is 0.506 e. The third-order valence-corrected chi connectivity index (χ3v) is 2.78. The standard InChI is InChI=1S/C11H16N2O2S/c1-16-7-6-8(12)11(15)13-9-4-2-3-5-10(9)14/h2-5,8,14H,6-7,12H2,1H3,(H,13,15). The molecule has 1 rings (SSSR count). The van der Waals surface area contributed by atoms with Crippen LogP contribution < -0.4 is 11.1 Å². The van der Waals surface area contributed by atoms with Crippen molar-refractivity contribution in [2.75, 3.05) is 17.3 Å². The molecule has 4 nitrogen and oxygen atoms in total. The lowest BCUT2D eigenvalue weighted by atomic mass is 10.2. The molecule has 0 radical (unpaired) electrons. The fraction of sp³-hybridized carbons (Fsp3) is 0.364. The molecule has 0 aliphatic carbocycles. The molecule has 0 spiro atoms. The first-order valence-corrected chi connectivity index (χ1v) is 6.38. The smallest absolute Gasteiger partial charge is 0.241 e. The van der Waals surface area contributed by atoms with Gasteiger partial charge >= 0.3 is 0 Å². The van der Waals surface area contributed by atoms with Gasteiger partial charge in [0.15, 0.2) is 0 Å². The van der Waals surface area contributed by atoms with E-state index in [4.69, 9.17) is 5.73 Å². The quantitative estimate of drug-likeness (QED) is 0.680. The van der Waals surface area contributed by atoms with Gasteiger partial charge in [0.2, 0.25) is 5.91 Å². The zero-order valence-electron chi connectivity index (χ0n) is 9.14. The van der Waals surface area contributed by atoms with Crippen LogP contribution in [-0.2, 0) is 4.79 Å². The monoisotopic (exact) mass is 240 g/mol. The van der Waals surface area contributed by atoms with E-state index in [0.717, 1.165) is 5.75 Å². The number of thioether (sulfide) groups is 1. The van der Waals surface area contributed by atoms with Crippen LogP contribution in [0.2, 0.25) is 0 Å². The van der Waals surface area contributed by atoms with Crippen molar-refractivity contribution in [2.45, 2.75) is 12.5 Å². The van der Waals surface area contributed by atoms with Gasteiger partial charge < -0.3 is 16.2 Å². The highest BCUT2D eigenvalue weighted by Crippen LogP contribution is 2.21. The molecule has 0 saturated heterocycles. The van der Waals surface area contributed by atoms with Crippen LogP contribution in [0.25, 0.3) is 0 Å². The summed E-state index contributed by atoms with van der Waals surface area (Å²) in [5.74, 6) is 0.624. The molecule has 4 N–H and O–H groups in total. The summed E-state index contributed by atoms with van der Waals surface area (Å²) in [5.41, 5.74) is 6.09. The minimum absolute atomic E-state index is 0.0490. The van der Waals surface area contributed by atoms with Gasteiger partial charge in [-0.3, -0.25) is 4.79 Å². The maximum absolute atomic E-state index is 11.6. The Balaban J connectivity index is 2.54. The summed E-state index contributed by atoms with van der Waals surface area (Å²) in [5, 5.41) is 12.1. The van der Waals surface area contributed by atoms with Crippen LogP contribution in [0.4, 0.5) is 5.69 Å². The van der Waals surface area contributed by atoms with E-state index in [1.807, 2.05) is 6.26 Å². The van der Waals surface area contributed by atoms with Crippen LogP contribution in [0.15, 0.2) is 24.3 Å². The van der Waals surface area contributed by atoms with Crippen LogP contribution in [0.3, 0.4) is 0 Å². The van der Waals surface area contributed by atoms with Gasteiger partial charge in [0, 0.05) is 0 Å². The predicted octanol–water partition coefficient (Wildman–Crippen LogP) is 1.41. The molecule has 1 aromatic carbocycles. The van der Waals surface area contributed by atoms with Crippen molar-refractivity contribution >= 4 is 23.4 Å². The normalized spacial score (nSPS) is 12.1. The third kappa shape index (κ3) is 3.75. The molecule has 16 heavy (non-hydrogen) atoms. The second kappa shape index (κ2) is 6.40. The van der Waals surface area contributed by atoms with Crippen molar-refractivity contribution < 1.29 is 9.90 Å². The number of rotatable bonds is 5. The average molecular weight is 240 g/mol. The van der Waals surface area contributed by atoms with E-state index >= 15 is 0 Å². The zero-order valence-corrected chi connectivity index (χ0v) is 9.96.